The Bertz CT molecular complexity index is 342. The van der Waals surface area contributed by atoms with E-state index in [0.29, 0.717) is 6.04 Å². The fourth-order valence-corrected chi connectivity index (χ4v) is 3.18. The molecule has 1 fully saturated rings. The highest BCUT2D eigenvalue weighted by atomic mass is 32.2. The van der Waals surface area contributed by atoms with Crippen LogP contribution in [-0.4, -0.2) is 43.1 Å². The van der Waals surface area contributed by atoms with Crippen LogP contribution < -0.4 is 5.32 Å². The lowest BCUT2D eigenvalue weighted by Gasteiger charge is -2.24. The van der Waals surface area contributed by atoms with Crippen LogP contribution in [0.5, 0.6) is 0 Å². The number of hydrogen-bond acceptors (Lipinski definition) is 3. The first-order chi connectivity index (χ1) is 9.40. The zero-order chi connectivity index (χ0) is 13.3. The molecule has 3 heteroatoms. The van der Waals surface area contributed by atoms with Crippen LogP contribution in [-0.2, 0) is 0 Å². The number of hydrogen-bond donors (Lipinski definition) is 1. The molecule has 1 heterocycles. The molecule has 1 aliphatic heterocycles. The maximum Gasteiger partial charge on any atom is 0.0449 e. The number of nitrogens with one attached hydrogen (secondary N) is 1. The first-order valence-corrected chi connectivity index (χ1v) is 8.79. The average molecular weight is 278 g/mol. The van der Waals surface area contributed by atoms with Crippen LogP contribution in [0.3, 0.4) is 0 Å². The van der Waals surface area contributed by atoms with Gasteiger partial charge in [0.05, 0.1) is 0 Å². The second-order valence-electron chi connectivity index (χ2n) is 5.27. The van der Waals surface area contributed by atoms with Gasteiger partial charge in [0.15, 0.2) is 0 Å². The molecule has 106 valence electrons. The summed E-state index contributed by atoms with van der Waals surface area (Å²) in [5.74, 6) is 1.30. The first-order valence-electron chi connectivity index (χ1n) is 7.40. The second kappa shape index (κ2) is 8.62. The Morgan fingerprint density at radius 1 is 1.26 bits per heavy atom. The molecule has 0 aromatic heterocycles. The molecule has 0 spiro atoms. The van der Waals surface area contributed by atoms with Crippen molar-refractivity contribution in [1.82, 2.24) is 10.2 Å². The Morgan fingerprint density at radius 2 is 2.11 bits per heavy atom. The largest absolute Gasteiger partial charge is 0.309 e. The Morgan fingerprint density at radius 3 is 2.89 bits per heavy atom. The van der Waals surface area contributed by atoms with Gasteiger partial charge < -0.3 is 10.2 Å². The van der Waals surface area contributed by atoms with E-state index >= 15 is 0 Å². The van der Waals surface area contributed by atoms with Gasteiger partial charge in [0.25, 0.3) is 0 Å². The van der Waals surface area contributed by atoms with Crippen molar-refractivity contribution in [3.05, 3.63) is 35.9 Å². The van der Waals surface area contributed by atoms with Gasteiger partial charge >= 0.3 is 0 Å². The number of rotatable bonds is 6. The molecule has 1 atom stereocenters. The van der Waals surface area contributed by atoms with E-state index in [1.165, 1.54) is 43.7 Å². The van der Waals surface area contributed by atoms with Gasteiger partial charge in [0.1, 0.15) is 0 Å². The maximum atomic E-state index is 3.68. The van der Waals surface area contributed by atoms with Crippen molar-refractivity contribution >= 4 is 11.8 Å². The molecule has 1 aromatic carbocycles. The minimum atomic E-state index is 0.504. The van der Waals surface area contributed by atoms with Gasteiger partial charge in [-0.3, -0.25) is 0 Å². The van der Waals surface area contributed by atoms with Crippen LogP contribution in [0, 0.1) is 0 Å². The highest BCUT2D eigenvalue weighted by Crippen LogP contribution is 2.17. The van der Waals surface area contributed by atoms with Crippen LogP contribution in [0.1, 0.15) is 30.9 Å². The molecule has 2 rings (SSSR count). The molecule has 1 aromatic rings. The van der Waals surface area contributed by atoms with Crippen molar-refractivity contribution in [1.29, 1.82) is 0 Å². The summed E-state index contributed by atoms with van der Waals surface area (Å²) in [6, 6.07) is 11.4. The fraction of sp³-hybridized carbons (Fsp3) is 0.625. The van der Waals surface area contributed by atoms with Crippen LogP contribution in [0.2, 0.25) is 0 Å². The van der Waals surface area contributed by atoms with Crippen LogP contribution in [0.25, 0.3) is 0 Å². The van der Waals surface area contributed by atoms with E-state index < -0.39 is 0 Å². The summed E-state index contributed by atoms with van der Waals surface area (Å²) in [6.07, 6.45) is 6.15. The fourth-order valence-electron chi connectivity index (χ4n) is 2.69. The Hall–Kier alpha value is -0.510. The molecule has 0 aliphatic carbocycles. The van der Waals surface area contributed by atoms with Crippen molar-refractivity contribution in [3.63, 3.8) is 0 Å². The summed E-state index contributed by atoms with van der Waals surface area (Å²) < 4.78 is 0. The smallest absolute Gasteiger partial charge is 0.0449 e. The highest BCUT2D eigenvalue weighted by Gasteiger charge is 2.18. The molecule has 2 nitrogen and oxygen atoms in total. The van der Waals surface area contributed by atoms with Crippen molar-refractivity contribution < 1.29 is 0 Å². The van der Waals surface area contributed by atoms with Crippen molar-refractivity contribution in [2.45, 2.75) is 25.3 Å². The average Bonchev–Trinajstić information content (AvgIpc) is 2.70. The molecule has 1 aliphatic rings. The molecule has 1 N–H and O–H groups in total. The number of benzene rings is 1. The van der Waals surface area contributed by atoms with Gasteiger partial charge in [-0.2, -0.15) is 11.8 Å². The van der Waals surface area contributed by atoms with E-state index in [9.17, 15) is 0 Å². The zero-order valence-corrected chi connectivity index (χ0v) is 12.8. The van der Waals surface area contributed by atoms with E-state index in [1.54, 1.807) is 0 Å². The van der Waals surface area contributed by atoms with E-state index in [2.05, 4.69) is 46.8 Å². The van der Waals surface area contributed by atoms with Crippen LogP contribution in [0.4, 0.5) is 0 Å². The van der Waals surface area contributed by atoms with Gasteiger partial charge in [-0.1, -0.05) is 30.3 Å². The van der Waals surface area contributed by atoms with Crippen molar-refractivity contribution in [2.75, 3.05) is 38.2 Å². The molecule has 1 saturated heterocycles. The lowest BCUT2D eigenvalue weighted by Crippen LogP contribution is -2.32. The third-order valence-corrected chi connectivity index (χ3v) is 4.45. The Kier molecular flexibility index (Phi) is 6.75. The molecule has 0 saturated carbocycles. The normalized spacial score (nSPS) is 21.2. The summed E-state index contributed by atoms with van der Waals surface area (Å²) in [6.45, 7) is 4.80. The van der Waals surface area contributed by atoms with E-state index in [0.717, 1.165) is 13.1 Å². The predicted octanol–water partition coefficient (Wildman–Crippen LogP) is 3.17. The minimum Gasteiger partial charge on any atom is -0.309 e. The molecule has 0 radical (unpaired) electrons. The van der Waals surface area contributed by atoms with E-state index in [-0.39, 0.29) is 0 Å². The summed E-state index contributed by atoms with van der Waals surface area (Å²) in [5, 5.41) is 3.68. The Labute approximate surface area is 122 Å². The molecular formula is C16H26N2S. The van der Waals surface area contributed by atoms with Crippen molar-refractivity contribution in [2.24, 2.45) is 0 Å². The summed E-state index contributed by atoms with van der Waals surface area (Å²) in [7, 11) is 0. The third-order valence-electron chi connectivity index (χ3n) is 3.76. The van der Waals surface area contributed by atoms with Gasteiger partial charge in [-0.25, -0.2) is 0 Å². The molecule has 1 unspecified atom stereocenters. The number of unbranched alkanes of at least 4 members (excludes halogenated alkanes) is 1. The van der Waals surface area contributed by atoms with E-state index in [1.807, 2.05) is 11.8 Å². The highest BCUT2D eigenvalue weighted by molar-refractivity contribution is 7.98. The SMILES string of the molecule is CSCCCCN1CCCNC(c2ccccc2)C1. The number of nitrogens with zero attached hydrogens (tertiary/aromatic N) is 1. The van der Waals surface area contributed by atoms with Crippen LogP contribution in [0.15, 0.2) is 30.3 Å². The minimum absolute atomic E-state index is 0.504. The lowest BCUT2D eigenvalue weighted by atomic mass is 10.1. The summed E-state index contributed by atoms with van der Waals surface area (Å²) in [5.41, 5.74) is 1.43. The van der Waals surface area contributed by atoms with Crippen LogP contribution >= 0.6 is 11.8 Å². The topological polar surface area (TPSA) is 15.3 Å². The Balaban J connectivity index is 1.84. The van der Waals surface area contributed by atoms with Gasteiger partial charge in [-0.05, 0) is 56.5 Å². The molecular weight excluding hydrogens is 252 g/mol. The maximum absolute atomic E-state index is 3.68. The molecule has 0 amide bonds. The summed E-state index contributed by atoms with van der Waals surface area (Å²) in [4.78, 5) is 2.64. The quantitative estimate of drug-likeness (QED) is 0.805. The number of thioether (sulfide) groups is 1. The van der Waals surface area contributed by atoms with E-state index in [4.69, 9.17) is 0 Å². The van der Waals surface area contributed by atoms with Gasteiger partial charge in [0.2, 0.25) is 0 Å². The van der Waals surface area contributed by atoms with Gasteiger partial charge in [0, 0.05) is 12.6 Å². The monoisotopic (exact) mass is 278 g/mol. The van der Waals surface area contributed by atoms with Gasteiger partial charge in [-0.15, -0.1) is 0 Å². The molecule has 19 heavy (non-hydrogen) atoms. The zero-order valence-electron chi connectivity index (χ0n) is 12.0. The summed E-state index contributed by atoms with van der Waals surface area (Å²) >= 11 is 1.96. The third kappa shape index (κ3) is 5.17. The second-order valence-corrected chi connectivity index (χ2v) is 6.26. The standard InChI is InChI=1S/C16H26N2S/c1-19-13-6-5-11-18-12-7-10-17-16(14-18)15-8-3-2-4-9-15/h2-4,8-9,16-17H,5-7,10-14H2,1H3. The van der Waals surface area contributed by atoms with Crippen molar-refractivity contribution in [3.8, 4) is 0 Å². The lowest BCUT2D eigenvalue weighted by molar-refractivity contribution is 0.265. The predicted molar refractivity (Wildman–Crippen MR) is 85.9 cm³/mol. The first kappa shape index (κ1) is 14.9. The molecule has 0 bridgehead atoms.